The number of carbonyl (C=O) groups excluding carboxylic acids is 2. The SMILES string of the molecule is CN=C(N)NCCCC1NC(CNC(=O)/C=C/c2cccc(OC)c2)CCN(CC(c2ccccc2)c2ccccc2)C1=O. The molecule has 3 aromatic carbocycles. The molecule has 5 N–H and O–H groups in total. The van der Waals surface area contributed by atoms with Gasteiger partial charge in [0.15, 0.2) is 5.96 Å². The van der Waals surface area contributed by atoms with E-state index in [-0.39, 0.29) is 29.8 Å². The van der Waals surface area contributed by atoms with Crippen molar-refractivity contribution in [3.8, 4) is 5.75 Å². The largest absolute Gasteiger partial charge is 0.497 e. The summed E-state index contributed by atoms with van der Waals surface area (Å²) in [5, 5.41) is 9.65. The van der Waals surface area contributed by atoms with Gasteiger partial charge in [0.25, 0.3) is 0 Å². The van der Waals surface area contributed by atoms with Crippen LogP contribution in [0.3, 0.4) is 0 Å². The summed E-state index contributed by atoms with van der Waals surface area (Å²) < 4.78 is 5.26. The summed E-state index contributed by atoms with van der Waals surface area (Å²) in [4.78, 5) is 32.6. The minimum Gasteiger partial charge on any atom is -0.497 e. The Kier molecular flexibility index (Phi) is 12.4. The van der Waals surface area contributed by atoms with Crippen LogP contribution in [0, 0.1) is 0 Å². The van der Waals surface area contributed by atoms with Gasteiger partial charge in [-0.2, -0.15) is 0 Å². The second-order valence-electron chi connectivity index (χ2n) is 10.9. The van der Waals surface area contributed by atoms with Gasteiger partial charge in [0, 0.05) is 51.3 Å². The summed E-state index contributed by atoms with van der Waals surface area (Å²) >= 11 is 0. The monoisotopic (exact) mass is 596 g/mol. The van der Waals surface area contributed by atoms with Crippen LogP contribution in [0.15, 0.2) is 96.0 Å². The summed E-state index contributed by atoms with van der Waals surface area (Å²) in [7, 11) is 3.25. The van der Waals surface area contributed by atoms with Gasteiger partial charge in [-0.1, -0.05) is 72.8 Å². The number of amides is 2. The predicted octanol–water partition coefficient (Wildman–Crippen LogP) is 3.53. The highest BCUT2D eigenvalue weighted by atomic mass is 16.5. The first-order valence-corrected chi connectivity index (χ1v) is 15.2. The first-order valence-electron chi connectivity index (χ1n) is 15.2. The lowest BCUT2D eigenvalue weighted by molar-refractivity contribution is -0.133. The van der Waals surface area contributed by atoms with Gasteiger partial charge in [-0.05, 0) is 54.2 Å². The Morgan fingerprint density at radius 1 is 1.07 bits per heavy atom. The number of aliphatic imine (C=N–C) groups is 1. The fraction of sp³-hybridized carbons (Fsp3) is 0.343. The number of benzene rings is 3. The maximum atomic E-state index is 14.0. The van der Waals surface area contributed by atoms with Gasteiger partial charge in [-0.3, -0.25) is 14.6 Å². The predicted molar refractivity (Wildman–Crippen MR) is 176 cm³/mol. The van der Waals surface area contributed by atoms with Crippen molar-refractivity contribution in [3.63, 3.8) is 0 Å². The number of nitrogens with zero attached hydrogens (tertiary/aromatic N) is 2. The highest BCUT2D eigenvalue weighted by Gasteiger charge is 2.32. The van der Waals surface area contributed by atoms with Crippen LogP contribution in [0.25, 0.3) is 6.08 Å². The molecular weight excluding hydrogens is 552 g/mol. The van der Waals surface area contributed by atoms with E-state index in [0.29, 0.717) is 45.0 Å². The van der Waals surface area contributed by atoms with E-state index in [1.165, 1.54) is 17.2 Å². The van der Waals surface area contributed by atoms with E-state index in [2.05, 4.69) is 45.2 Å². The molecule has 4 rings (SSSR count). The van der Waals surface area contributed by atoms with Crippen LogP contribution < -0.4 is 26.4 Å². The summed E-state index contributed by atoms with van der Waals surface area (Å²) in [6.45, 7) is 2.18. The quantitative estimate of drug-likeness (QED) is 0.104. The molecule has 1 fully saturated rings. The number of nitrogens with two attached hydrogens (primary N) is 1. The first-order chi connectivity index (χ1) is 21.5. The average molecular weight is 597 g/mol. The van der Waals surface area contributed by atoms with Crippen LogP contribution in [0.4, 0.5) is 0 Å². The molecule has 0 spiro atoms. The van der Waals surface area contributed by atoms with Crippen molar-refractivity contribution < 1.29 is 14.3 Å². The molecule has 0 aromatic heterocycles. The Balaban J connectivity index is 1.45. The molecule has 44 heavy (non-hydrogen) atoms. The Morgan fingerprint density at radius 2 is 1.77 bits per heavy atom. The van der Waals surface area contributed by atoms with Crippen molar-refractivity contribution in [2.24, 2.45) is 10.7 Å². The van der Waals surface area contributed by atoms with Gasteiger partial charge in [-0.15, -0.1) is 0 Å². The smallest absolute Gasteiger partial charge is 0.244 e. The lowest BCUT2D eigenvalue weighted by Crippen LogP contribution is -2.49. The van der Waals surface area contributed by atoms with Crippen molar-refractivity contribution in [1.82, 2.24) is 20.9 Å². The van der Waals surface area contributed by atoms with E-state index in [4.69, 9.17) is 10.5 Å². The zero-order valence-electron chi connectivity index (χ0n) is 25.6. The van der Waals surface area contributed by atoms with Crippen LogP contribution in [0.2, 0.25) is 0 Å². The highest BCUT2D eigenvalue weighted by molar-refractivity contribution is 5.91. The molecule has 232 valence electrons. The Morgan fingerprint density at radius 3 is 2.43 bits per heavy atom. The number of hydrogen-bond acceptors (Lipinski definition) is 5. The Hall–Kier alpha value is -4.63. The number of rotatable bonds is 13. The first kappa shape index (κ1) is 32.3. The lowest BCUT2D eigenvalue weighted by Gasteiger charge is -2.29. The van der Waals surface area contributed by atoms with Gasteiger partial charge >= 0.3 is 0 Å². The molecule has 0 bridgehead atoms. The molecule has 2 unspecified atom stereocenters. The third kappa shape index (κ3) is 9.70. The molecule has 1 saturated heterocycles. The summed E-state index contributed by atoms with van der Waals surface area (Å²) in [5.74, 6) is 1.04. The van der Waals surface area contributed by atoms with E-state index in [9.17, 15) is 9.59 Å². The molecule has 9 heteroatoms. The van der Waals surface area contributed by atoms with Crippen molar-refractivity contribution in [3.05, 3.63) is 108 Å². The van der Waals surface area contributed by atoms with E-state index >= 15 is 0 Å². The van der Waals surface area contributed by atoms with Crippen LogP contribution in [-0.2, 0) is 9.59 Å². The van der Waals surface area contributed by atoms with Crippen LogP contribution >= 0.6 is 0 Å². The number of hydrogen-bond donors (Lipinski definition) is 4. The second kappa shape index (κ2) is 16.9. The zero-order chi connectivity index (χ0) is 31.1. The normalized spacial score (nSPS) is 17.5. The maximum Gasteiger partial charge on any atom is 0.244 e. The molecule has 0 aliphatic carbocycles. The minimum atomic E-state index is -0.388. The van der Waals surface area contributed by atoms with Gasteiger partial charge < -0.3 is 31.3 Å². The number of ether oxygens (including phenoxy) is 1. The van der Waals surface area contributed by atoms with Crippen LogP contribution in [-0.4, -0.2) is 75.1 Å². The molecule has 1 aliphatic heterocycles. The van der Waals surface area contributed by atoms with Crippen molar-refractivity contribution in [2.45, 2.75) is 37.3 Å². The molecule has 2 amide bonds. The summed E-state index contributed by atoms with van der Waals surface area (Å²) in [6.07, 6.45) is 5.36. The second-order valence-corrected chi connectivity index (χ2v) is 10.9. The summed E-state index contributed by atoms with van der Waals surface area (Å²) in [6, 6.07) is 27.8. The minimum absolute atomic E-state index is 0.0437. The molecule has 2 atom stereocenters. The fourth-order valence-electron chi connectivity index (χ4n) is 5.43. The topological polar surface area (TPSA) is 121 Å². The zero-order valence-corrected chi connectivity index (χ0v) is 25.6. The Bertz CT molecular complexity index is 1360. The summed E-state index contributed by atoms with van der Waals surface area (Å²) in [5.41, 5.74) is 9.01. The highest BCUT2D eigenvalue weighted by Crippen LogP contribution is 2.27. The molecule has 3 aromatic rings. The van der Waals surface area contributed by atoms with Gasteiger partial charge in [0.2, 0.25) is 11.8 Å². The maximum absolute atomic E-state index is 14.0. The van der Waals surface area contributed by atoms with Crippen molar-refractivity contribution in [2.75, 3.05) is 40.3 Å². The fourth-order valence-corrected chi connectivity index (χ4v) is 5.43. The van der Waals surface area contributed by atoms with E-state index in [1.807, 2.05) is 65.6 Å². The standard InChI is InChI=1S/C35H44N6O3/c1-37-35(36)38-21-10-17-32-34(43)41(25-31(27-12-5-3-6-13-27)28-14-7-4-8-15-28)22-20-29(40-32)24-39-33(42)19-18-26-11-9-16-30(23-26)44-2/h3-9,11-16,18-19,23,29,31-32,40H,10,17,20-22,24-25H2,1-2H3,(H,39,42)(H3,36,37,38)/b19-18+. The van der Waals surface area contributed by atoms with Crippen molar-refractivity contribution >= 4 is 23.8 Å². The third-order valence-corrected chi connectivity index (χ3v) is 7.86. The van der Waals surface area contributed by atoms with Gasteiger partial charge in [-0.25, -0.2) is 0 Å². The van der Waals surface area contributed by atoms with Crippen LogP contribution in [0.1, 0.15) is 41.9 Å². The molecule has 9 nitrogen and oxygen atoms in total. The van der Waals surface area contributed by atoms with E-state index < -0.39 is 0 Å². The molecular formula is C35H44N6O3. The Labute approximate surface area is 260 Å². The lowest BCUT2D eigenvalue weighted by atomic mass is 9.90. The average Bonchev–Trinajstić information content (AvgIpc) is 3.22. The number of guanidine groups is 1. The number of carbonyl (C=O) groups is 2. The number of nitrogens with one attached hydrogen (secondary N) is 3. The van der Waals surface area contributed by atoms with Gasteiger partial charge in [0.05, 0.1) is 13.2 Å². The molecule has 1 aliphatic rings. The van der Waals surface area contributed by atoms with E-state index in [0.717, 1.165) is 17.7 Å². The van der Waals surface area contributed by atoms with E-state index in [1.54, 1.807) is 20.2 Å². The number of methoxy groups -OCH3 is 1. The van der Waals surface area contributed by atoms with Gasteiger partial charge in [0.1, 0.15) is 5.75 Å². The molecule has 0 radical (unpaired) electrons. The third-order valence-electron chi connectivity index (χ3n) is 7.86. The molecule has 0 saturated carbocycles. The van der Waals surface area contributed by atoms with Crippen LogP contribution in [0.5, 0.6) is 5.75 Å². The molecule has 1 heterocycles. The van der Waals surface area contributed by atoms with Crippen molar-refractivity contribution in [1.29, 1.82) is 0 Å².